The summed E-state index contributed by atoms with van der Waals surface area (Å²) in [5.74, 6) is 0.152. The number of benzene rings is 1. The third-order valence-electron chi connectivity index (χ3n) is 3.94. The van der Waals surface area contributed by atoms with E-state index in [1.807, 2.05) is 13.8 Å². The minimum Gasteiger partial charge on any atom is -0.497 e. The molecule has 2 heterocycles. The van der Waals surface area contributed by atoms with Crippen molar-refractivity contribution in [2.45, 2.75) is 13.8 Å². The van der Waals surface area contributed by atoms with Gasteiger partial charge in [-0.3, -0.25) is 9.48 Å². The molecule has 0 aliphatic heterocycles. The molecular weight excluding hydrogens is 310 g/mol. The monoisotopic (exact) mass is 327 g/mol. The number of nitrogens with zero attached hydrogens (tertiary/aromatic N) is 2. The summed E-state index contributed by atoms with van der Waals surface area (Å²) in [6.45, 7) is 3.67. The van der Waals surface area contributed by atoms with Gasteiger partial charge in [0.15, 0.2) is 0 Å². The fourth-order valence-electron chi connectivity index (χ4n) is 2.59. The Morgan fingerprint density at radius 2 is 2.04 bits per heavy atom. The molecule has 2 aromatic heterocycles. The SMILES string of the molecule is COc1ccc2c(C(=O)Nc3c(C)nn(C)c3C)cc(=O)oc2c1. The van der Waals surface area contributed by atoms with Crippen LogP contribution >= 0.6 is 0 Å². The average Bonchev–Trinajstić information content (AvgIpc) is 2.79. The van der Waals surface area contributed by atoms with E-state index in [1.165, 1.54) is 13.2 Å². The van der Waals surface area contributed by atoms with Gasteiger partial charge in [-0.15, -0.1) is 0 Å². The van der Waals surface area contributed by atoms with Crippen LogP contribution in [0.15, 0.2) is 33.5 Å². The van der Waals surface area contributed by atoms with Gasteiger partial charge in [0.1, 0.15) is 11.3 Å². The number of aryl methyl sites for hydroxylation is 2. The van der Waals surface area contributed by atoms with Crippen LogP contribution in [0, 0.1) is 13.8 Å². The number of anilines is 1. The van der Waals surface area contributed by atoms with Gasteiger partial charge < -0.3 is 14.5 Å². The standard InChI is InChI=1S/C17H17N3O4/c1-9-16(10(2)20(3)19-9)18-17(22)13-8-15(21)24-14-7-11(23-4)5-6-12(13)14/h5-8H,1-4H3,(H,18,22). The molecule has 0 aliphatic carbocycles. The van der Waals surface area contributed by atoms with E-state index in [1.54, 1.807) is 29.9 Å². The number of amides is 1. The molecule has 0 atom stereocenters. The van der Waals surface area contributed by atoms with E-state index in [2.05, 4.69) is 10.4 Å². The second-order valence-corrected chi connectivity index (χ2v) is 5.46. The Hall–Kier alpha value is -3.09. The summed E-state index contributed by atoms with van der Waals surface area (Å²) in [6, 6.07) is 6.16. The topological polar surface area (TPSA) is 86.4 Å². The van der Waals surface area contributed by atoms with Crippen molar-refractivity contribution in [1.82, 2.24) is 9.78 Å². The molecule has 0 fully saturated rings. The van der Waals surface area contributed by atoms with Crippen LogP contribution in [0.3, 0.4) is 0 Å². The van der Waals surface area contributed by atoms with Gasteiger partial charge in [-0.1, -0.05) is 0 Å². The summed E-state index contributed by atoms with van der Waals surface area (Å²) in [5, 5.41) is 7.63. The predicted octanol–water partition coefficient (Wildman–Crippen LogP) is 2.40. The van der Waals surface area contributed by atoms with Gasteiger partial charge in [-0.2, -0.15) is 5.10 Å². The minimum absolute atomic E-state index is 0.242. The summed E-state index contributed by atoms with van der Waals surface area (Å²) in [7, 11) is 3.32. The predicted molar refractivity (Wildman–Crippen MR) is 89.7 cm³/mol. The van der Waals surface area contributed by atoms with Crippen LogP contribution in [-0.4, -0.2) is 22.8 Å². The van der Waals surface area contributed by atoms with Gasteiger partial charge in [-0.25, -0.2) is 4.79 Å². The highest BCUT2D eigenvalue weighted by atomic mass is 16.5. The zero-order chi connectivity index (χ0) is 17.4. The summed E-state index contributed by atoms with van der Waals surface area (Å²) in [4.78, 5) is 24.5. The highest BCUT2D eigenvalue weighted by Gasteiger charge is 2.17. The van der Waals surface area contributed by atoms with Crippen LogP contribution in [0.5, 0.6) is 5.75 Å². The van der Waals surface area contributed by atoms with E-state index in [0.29, 0.717) is 28.1 Å². The van der Waals surface area contributed by atoms with Gasteiger partial charge in [0.2, 0.25) is 0 Å². The number of aromatic nitrogens is 2. The molecule has 3 aromatic rings. The third kappa shape index (κ3) is 2.64. The Morgan fingerprint density at radius 3 is 2.67 bits per heavy atom. The lowest BCUT2D eigenvalue weighted by Gasteiger charge is -2.08. The fraction of sp³-hybridized carbons (Fsp3) is 0.235. The molecule has 0 spiro atoms. The quantitative estimate of drug-likeness (QED) is 0.747. The number of methoxy groups -OCH3 is 1. The zero-order valence-corrected chi connectivity index (χ0v) is 13.8. The number of fused-ring (bicyclic) bond motifs is 1. The Morgan fingerprint density at radius 1 is 1.29 bits per heavy atom. The molecule has 3 rings (SSSR count). The van der Waals surface area contributed by atoms with Crippen LogP contribution in [-0.2, 0) is 7.05 Å². The second kappa shape index (κ2) is 5.84. The Bertz CT molecular complexity index is 1000. The van der Waals surface area contributed by atoms with Crippen molar-refractivity contribution in [1.29, 1.82) is 0 Å². The van der Waals surface area contributed by atoms with Crippen LogP contribution in [0.1, 0.15) is 21.7 Å². The first kappa shape index (κ1) is 15.8. The number of carbonyl (C=O) groups excluding carboxylic acids is 1. The number of ether oxygens (including phenoxy) is 1. The highest BCUT2D eigenvalue weighted by molar-refractivity contribution is 6.12. The van der Waals surface area contributed by atoms with Crippen molar-refractivity contribution in [3.8, 4) is 5.75 Å². The lowest BCUT2D eigenvalue weighted by molar-refractivity contribution is 0.102. The first-order chi connectivity index (χ1) is 11.4. The molecule has 0 bridgehead atoms. The van der Waals surface area contributed by atoms with Crippen molar-refractivity contribution in [2.75, 3.05) is 12.4 Å². The number of hydrogen-bond donors (Lipinski definition) is 1. The summed E-state index contributed by atoms with van der Waals surface area (Å²) in [5.41, 5.74) is 2.11. The minimum atomic E-state index is -0.597. The maximum atomic E-state index is 12.7. The van der Waals surface area contributed by atoms with Gasteiger partial charge in [0.25, 0.3) is 5.91 Å². The maximum absolute atomic E-state index is 12.7. The molecule has 0 radical (unpaired) electrons. The first-order valence-corrected chi connectivity index (χ1v) is 7.34. The molecule has 7 heteroatoms. The second-order valence-electron chi connectivity index (χ2n) is 5.46. The number of hydrogen-bond acceptors (Lipinski definition) is 5. The van der Waals surface area contributed by atoms with Gasteiger partial charge in [0, 0.05) is 24.6 Å². The Kier molecular flexibility index (Phi) is 3.84. The zero-order valence-electron chi connectivity index (χ0n) is 13.8. The van der Waals surface area contributed by atoms with E-state index < -0.39 is 11.5 Å². The van der Waals surface area contributed by atoms with Crippen LogP contribution in [0.2, 0.25) is 0 Å². The molecule has 24 heavy (non-hydrogen) atoms. The Labute approximate surface area is 137 Å². The third-order valence-corrected chi connectivity index (χ3v) is 3.94. The highest BCUT2D eigenvalue weighted by Crippen LogP contribution is 2.24. The number of carbonyl (C=O) groups is 1. The van der Waals surface area contributed by atoms with Crippen molar-refractivity contribution in [3.05, 3.63) is 51.6 Å². The van der Waals surface area contributed by atoms with Crippen molar-refractivity contribution in [3.63, 3.8) is 0 Å². The van der Waals surface area contributed by atoms with Crippen molar-refractivity contribution >= 4 is 22.6 Å². The molecular formula is C17H17N3O4. The molecule has 0 unspecified atom stereocenters. The molecule has 1 N–H and O–H groups in total. The van der Waals surface area contributed by atoms with Crippen molar-refractivity contribution < 1.29 is 13.9 Å². The summed E-state index contributed by atoms with van der Waals surface area (Å²) < 4.78 is 12.0. The largest absolute Gasteiger partial charge is 0.497 e. The molecule has 1 aromatic carbocycles. The lowest BCUT2D eigenvalue weighted by Crippen LogP contribution is -2.16. The van der Waals surface area contributed by atoms with E-state index in [9.17, 15) is 9.59 Å². The number of rotatable bonds is 3. The van der Waals surface area contributed by atoms with Gasteiger partial charge in [0.05, 0.1) is 29.7 Å². The summed E-state index contributed by atoms with van der Waals surface area (Å²) in [6.07, 6.45) is 0. The molecule has 1 amide bonds. The average molecular weight is 327 g/mol. The van der Waals surface area contributed by atoms with Crippen LogP contribution < -0.4 is 15.7 Å². The maximum Gasteiger partial charge on any atom is 0.337 e. The Balaban J connectivity index is 2.08. The molecule has 7 nitrogen and oxygen atoms in total. The molecule has 0 aliphatic rings. The van der Waals surface area contributed by atoms with Gasteiger partial charge >= 0.3 is 5.63 Å². The van der Waals surface area contributed by atoms with E-state index in [-0.39, 0.29) is 5.56 Å². The normalized spacial score (nSPS) is 10.8. The van der Waals surface area contributed by atoms with E-state index in [0.717, 1.165) is 5.69 Å². The number of nitrogens with one attached hydrogen (secondary N) is 1. The van der Waals surface area contributed by atoms with E-state index >= 15 is 0 Å². The van der Waals surface area contributed by atoms with Crippen molar-refractivity contribution in [2.24, 2.45) is 7.05 Å². The molecule has 0 saturated carbocycles. The van der Waals surface area contributed by atoms with Crippen LogP contribution in [0.4, 0.5) is 5.69 Å². The van der Waals surface area contributed by atoms with E-state index in [4.69, 9.17) is 9.15 Å². The first-order valence-electron chi connectivity index (χ1n) is 7.34. The molecule has 124 valence electrons. The van der Waals surface area contributed by atoms with Crippen LogP contribution in [0.25, 0.3) is 11.0 Å². The van der Waals surface area contributed by atoms with Gasteiger partial charge in [-0.05, 0) is 26.0 Å². The fourth-order valence-corrected chi connectivity index (χ4v) is 2.59. The summed E-state index contributed by atoms with van der Waals surface area (Å²) >= 11 is 0. The molecule has 0 saturated heterocycles. The lowest BCUT2D eigenvalue weighted by atomic mass is 10.1. The smallest absolute Gasteiger partial charge is 0.337 e.